The minimum atomic E-state index is -0.507. The molecule has 0 spiro atoms. The lowest BCUT2D eigenvalue weighted by molar-refractivity contribution is 0.449. The number of rotatable bonds is 6. The zero-order valence-corrected chi connectivity index (χ0v) is 11.8. The number of nitrogens with zero attached hydrogens (tertiary/aromatic N) is 2. The van der Waals surface area contributed by atoms with E-state index in [0.29, 0.717) is 6.54 Å². The number of benzene rings is 1. The van der Waals surface area contributed by atoms with Crippen LogP contribution in [0.5, 0.6) is 0 Å². The van der Waals surface area contributed by atoms with Crippen molar-refractivity contribution < 1.29 is 0 Å². The van der Waals surface area contributed by atoms with E-state index in [0.717, 1.165) is 13.0 Å². The maximum absolute atomic E-state index is 9.34. The van der Waals surface area contributed by atoms with E-state index in [1.807, 2.05) is 26.1 Å². The molecule has 0 saturated heterocycles. The Labute approximate surface area is 110 Å². The molecule has 1 atom stereocenters. The summed E-state index contributed by atoms with van der Waals surface area (Å²) in [5.74, 6) is 0. The van der Waals surface area contributed by atoms with E-state index >= 15 is 0 Å². The Bertz CT molecular complexity index is 422. The fourth-order valence-corrected chi connectivity index (χ4v) is 2.08. The molecule has 1 unspecified atom stereocenters. The van der Waals surface area contributed by atoms with Gasteiger partial charge >= 0.3 is 0 Å². The third kappa shape index (κ3) is 3.75. The fourth-order valence-electron chi connectivity index (χ4n) is 2.08. The minimum Gasteiger partial charge on any atom is -0.371 e. The first-order valence-electron chi connectivity index (χ1n) is 6.45. The average molecular weight is 245 g/mol. The minimum absolute atomic E-state index is 0.507. The van der Waals surface area contributed by atoms with Crippen molar-refractivity contribution in [3.63, 3.8) is 0 Å². The highest BCUT2D eigenvalue weighted by molar-refractivity contribution is 5.52. The van der Waals surface area contributed by atoms with Crippen molar-refractivity contribution in [1.82, 2.24) is 5.32 Å². The molecule has 3 nitrogen and oxygen atoms in total. The zero-order valence-electron chi connectivity index (χ0n) is 11.8. The summed E-state index contributed by atoms with van der Waals surface area (Å²) in [4.78, 5) is 2.14. The van der Waals surface area contributed by atoms with Crippen molar-refractivity contribution in [2.45, 2.75) is 32.7 Å². The lowest BCUT2D eigenvalue weighted by Crippen LogP contribution is -2.50. The van der Waals surface area contributed by atoms with Gasteiger partial charge in [-0.3, -0.25) is 5.32 Å². The van der Waals surface area contributed by atoms with Crippen molar-refractivity contribution in [2.24, 2.45) is 0 Å². The molecule has 0 heterocycles. The zero-order chi connectivity index (χ0) is 13.6. The maximum Gasteiger partial charge on any atom is 0.121 e. The quantitative estimate of drug-likeness (QED) is 0.837. The van der Waals surface area contributed by atoms with Crippen LogP contribution in [-0.2, 0) is 0 Å². The predicted molar refractivity (Wildman–Crippen MR) is 76.8 cm³/mol. The van der Waals surface area contributed by atoms with Crippen LogP contribution in [0, 0.1) is 18.3 Å². The number of nitriles is 1. The normalized spacial score (nSPS) is 13.7. The second-order valence-corrected chi connectivity index (χ2v) is 5.01. The standard InChI is InChI=1S/C15H23N3/c1-5-10-17-15(3,11-16)12-18(4)14-9-7-6-8-13(14)2/h6-9,17H,5,10,12H2,1-4H3. The molecule has 0 bridgehead atoms. The molecule has 0 radical (unpaired) electrons. The van der Waals surface area contributed by atoms with E-state index in [-0.39, 0.29) is 0 Å². The third-order valence-corrected chi connectivity index (χ3v) is 3.09. The Morgan fingerprint density at radius 2 is 2.06 bits per heavy atom. The van der Waals surface area contributed by atoms with Gasteiger partial charge in [0.05, 0.1) is 6.07 Å². The van der Waals surface area contributed by atoms with Crippen LogP contribution in [0.25, 0.3) is 0 Å². The Morgan fingerprint density at radius 1 is 1.39 bits per heavy atom. The van der Waals surface area contributed by atoms with E-state index in [2.05, 4.69) is 42.3 Å². The Balaban J connectivity index is 2.77. The number of nitrogens with one attached hydrogen (secondary N) is 1. The van der Waals surface area contributed by atoms with Crippen LogP contribution in [0.2, 0.25) is 0 Å². The van der Waals surface area contributed by atoms with E-state index in [4.69, 9.17) is 0 Å². The Kier molecular flexibility index (Phi) is 5.18. The predicted octanol–water partition coefficient (Wildman–Crippen LogP) is 2.71. The van der Waals surface area contributed by atoms with Crippen LogP contribution in [-0.4, -0.2) is 25.7 Å². The fraction of sp³-hybridized carbons (Fsp3) is 0.533. The highest BCUT2D eigenvalue weighted by atomic mass is 15.1. The van der Waals surface area contributed by atoms with Crippen LogP contribution >= 0.6 is 0 Å². The monoisotopic (exact) mass is 245 g/mol. The smallest absolute Gasteiger partial charge is 0.121 e. The lowest BCUT2D eigenvalue weighted by atomic mass is 10.0. The van der Waals surface area contributed by atoms with Gasteiger partial charge in [-0.05, 0) is 38.4 Å². The van der Waals surface area contributed by atoms with E-state index in [1.165, 1.54) is 11.3 Å². The Hall–Kier alpha value is -1.53. The topological polar surface area (TPSA) is 39.1 Å². The molecule has 0 aliphatic heterocycles. The van der Waals surface area contributed by atoms with Crippen LogP contribution in [0.1, 0.15) is 25.8 Å². The summed E-state index contributed by atoms with van der Waals surface area (Å²) in [6, 6.07) is 10.6. The second-order valence-electron chi connectivity index (χ2n) is 5.01. The molecular formula is C15H23N3. The summed E-state index contributed by atoms with van der Waals surface area (Å²) < 4.78 is 0. The lowest BCUT2D eigenvalue weighted by Gasteiger charge is -2.31. The SMILES string of the molecule is CCCNC(C)(C#N)CN(C)c1ccccc1C. The van der Waals surface area contributed by atoms with Crippen LogP contribution in [0.3, 0.4) is 0 Å². The molecule has 1 rings (SSSR count). The van der Waals surface area contributed by atoms with E-state index in [9.17, 15) is 5.26 Å². The van der Waals surface area contributed by atoms with Gasteiger partial charge in [0.2, 0.25) is 0 Å². The second kappa shape index (κ2) is 6.42. The summed E-state index contributed by atoms with van der Waals surface area (Å²) in [6.45, 7) is 7.70. The number of hydrogen-bond donors (Lipinski definition) is 1. The number of aryl methyl sites for hydroxylation is 1. The number of hydrogen-bond acceptors (Lipinski definition) is 3. The van der Waals surface area contributed by atoms with Gasteiger partial charge in [-0.1, -0.05) is 25.1 Å². The number of anilines is 1. The molecule has 0 aliphatic rings. The molecular weight excluding hydrogens is 222 g/mol. The third-order valence-electron chi connectivity index (χ3n) is 3.09. The van der Waals surface area contributed by atoms with Gasteiger partial charge in [-0.15, -0.1) is 0 Å². The summed E-state index contributed by atoms with van der Waals surface area (Å²) in [5.41, 5.74) is 1.90. The van der Waals surface area contributed by atoms with Gasteiger partial charge in [0.25, 0.3) is 0 Å². The van der Waals surface area contributed by atoms with E-state index < -0.39 is 5.54 Å². The van der Waals surface area contributed by atoms with Crippen molar-refractivity contribution in [3.05, 3.63) is 29.8 Å². The van der Waals surface area contributed by atoms with Crippen molar-refractivity contribution in [3.8, 4) is 6.07 Å². The molecule has 3 heteroatoms. The van der Waals surface area contributed by atoms with E-state index in [1.54, 1.807) is 0 Å². The molecule has 98 valence electrons. The number of likely N-dealkylation sites (N-methyl/N-ethyl adjacent to an activating group) is 1. The molecule has 1 aromatic rings. The van der Waals surface area contributed by atoms with Gasteiger partial charge in [-0.25, -0.2) is 0 Å². The Morgan fingerprint density at radius 3 is 2.61 bits per heavy atom. The highest BCUT2D eigenvalue weighted by Crippen LogP contribution is 2.19. The molecule has 0 saturated carbocycles. The van der Waals surface area contributed by atoms with Gasteiger partial charge in [0.1, 0.15) is 5.54 Å². The van der Waals surface area contributed by atoms with Gasteiger partial charge in [0, 0.05) is 19.3 Å². The first kappa shape index (κ1) is 14.5. The molecule has 0 amide bonds. The molecule has 0 aromatic heterocycles. The van der Waals surface area contributed by atoms with Crippen LogP contribution < -0.4 is 10.2 Å². The van der Waals surface area contributed by atoms with Crippen molar-refractivity contribution in [1.29, 1.82) is 5.26 Å². The van der Waals surface area contributed by atoms with Crippen LogP contribution in [0.4, 0.5) is 5.69 Å². The highest BCUT2D eigenvalue weighted by Gasteiger charge is 2.25. The largest absolute Gasteiger partial charge is 0.371 e. The molecule has 0 fully saturated rings. The summed E-state index contributed by atoms with van der Waals surface area (Å²) >= 11 is 0. The van der Waals surface area contributed by atoms with Crippen LogP contribution in [0.15, 0.2) is 24.3 Å². The maximum atomic E-state index is 9.34. The van der Waals surface area contributed by atoms with Crippen molar-refractivity contribution >= 4 is 5.69 Å². The average Bonchev–Trinajstić information content (AvgIpc) is 2.37. The van der Waals surface area contributed by atoms with Gasteiger partial charge in [-0.2, -0.15) is 5.26 Å². The molecule has 0 aliphatic carbocycles. The summed E-state index contributed by atoms with van der Waals surface area (Å²) in [6.07, 6.45) is 1.03. The van der Waals surface area contributed by atoms with Crippen molar-refractivity contribution in [2.75, 3.05) is 25.0 Å². The first-order valence-corrected chi connectivity index (χ1v) is 6.45. The van der Waals surface area contributed by atoms with Gasteiger partial charge in [0.15, 0.2) is 0 Å². The van der Waals surface area contributed by atoms with Gasteiger partial charge < -0.3 is 4.90 Å². The molecule has 1 aromatic carbocycles. The summed E-state index contributed by atoms with van der Waals surface area (Å²) in [5, 5.41) is 12.7. The molecule has 18 heavy (non-hydrogen) atoms. The number of para-hydroxylation sites is 1. The first-order chi connectivity index (χ1) is 8.52. The molecule has 1 N–H and O–H groups in total. The summed E-state index contributed by atoms with van der Waals surface area (Å²) in [7, 11) is 2.03.